The Hall–Kier alpha value is -2.25. The molecule has 1 N–H and O–H groups in total. The van der Waals surface area contributed by atoms with Gasteiger partial charge in [0.05, 0.1) is 29.2 Å². The molecule has 7 heteroatoms. The van der Waals surface area contributed by atoms with E-state index in [2.05, 4.69) is 21.5 Å². The molecule has 2 aliphatic heterocycles. The lowest BCUT2D eigenvalue weighted by molar-refractivity contribution is -0.0717. The lowest BCUT2D eigenvalue weighted by atomic mass is 9.94. The van der Waals surface area contributed by atoms with Gasteiger partial charge in [-0.1, -0.05) is 0 Å². The predicted molar refractivity (Wildman–Crippen MR) is 83.8 cm³/mol. The average Bonchev–Trinajstić information content (AvgIpc) is 3.26. The van der Waals surface area contributed by atoms with E-state index in [9.17, 15) is 0 Å². The first kappa shape index (κ1) is 13.2. The Kier molecular flexibility index (Phi) is 2.66. The van der Waals surface area contributed by atoms with Crippen LogP contribution in [0.3, 0.4) is 0 Å². The number of hydrogen-bond acceptors (Lipinski definition) is 5. The van der Waals surface area contributed by atoms with E-state index < -0.39 is 0 Å². The number of fused-ring (bicyclic) bond motifs is 3. The van der Waals surface area contributed by atoms with Gasteiger partial charge in [0.2, 0.25) is 0 Å². The highest BCUT2D eigenvalue weighted by molar-refractivity contribution is 5.77. The first-order chi connectivity index (χ1) is 11.3. The van der Waals surface area contributed by atoms with Gasteiger partial charge in [0.25, 0.3) is 0 Å². The molecule has 0 aromatic carbocycles. The van der Waals surface area contributed by atoms with Gasteiger partial charge in [-0.3, -0.25) is 4.68 Å². The van der Waals surface area contributed by atoms with Crippen LogP contribution in [0, 0.1) is 0 Å². The molecule has 2 fully saturated rings. The maximum Gasteiger partial charge on any atom is 0.125 e. The zero-order valence-electron chi connectivity index (χ0n) is 12.9. The zero-order chi connectivity index (χ0) is 15.4. The van der Waals surface area contributed by atoms with E-state index in [0.29, 0.717) is 6.10 Å². The van der Waals surface area contributed by atoms with E-state index in [1.807, 2.05) is 34.7 Å². The monoisotopic (exact) mass is 310 g/mol. The van der Waals surface area contributed by atoms with Crippen LogP contribution in [0.25, 0.3) is 16.8 Å². The van der Waals surface area contributed by atoms with Gasteiger partial charge in [-0.05, 0) is 25.0 Å². The topological polar surface area (TPSA) is 69.3 Å². The standard InChI is InChI=1S/C16H18N6O/c1-21-13(3-5-19-21)12-6-15(20-22-10-18-8-14(12)22)16-4-2-11(23-16)7-17-9-16/h3,5-6,8,10-11,17H,2,4,7,9H2,1H3. The van der Waals surface area contributed by atoms with Crippen molar-refractivity contribution in [3.8, 4) is 11.3 Å². The molecule has 0 saturated carbocycles. The maximum atomic E-state index is 6.32. The van der Waals surface area contributed by atoms with Gasteiger partial charge in [-0.15, -0.1) is 0 Å². The number of morpholine rings is 1. The lowest BCUT2D eigenvalue weighted by Gasteiger charge is -2.33. The number of aryl methyl sites for hydroxylation is 1. The second-order valence-corrected chi connectivity index (χ2v) is 6.41. The predicted octanol–water partition coefficient (Wildman–Crippen LogP) is 1.11. The lowest BCUT2D eigenvalue weighted by Crippen LogP contribution is -2.46. The molecule has 3 aromatic heterocycles. The third-order valence-electron chi connectivity index (χ3n) is 5.00. The first-order valence-electron chi connectivity index (χ1n) is 7.96. The highest BCUT2D eigenvalue weighted by Gasteiger charge is 2.46. The summed E-state index contributed by atoms with van der Waals surface area (Å²) < 4.78 is 10.0. The quantitative estimate of drug-likeness (QED) is 0.768. The Morgan fingerprint density at radius 2 is 2.39 bits per heavy atom. The number of rotatable bonds is 2. The molecule has 0 radical (unpaired) electrons. The van der Waals surface area contributed by atoms with Gasteiger partial charge in [0.15, 0.2) is 0 Å². The highest BCUT2D eigenvalue weighted by atomic mass is 16.5. The summed E-state index contributed by atoms with van der Waals surface area (Å²) in [5, 5.41) is 12.6. The van der Waals surface area contributed by atoms with Crippen LogP contribution >= 0.6 is 0 Å². The van der Waals surface area contributed by atoms with Crippen molar-refractivity contribution < 1.29 is 4.74 Å². The smallest absolute Gasteiger partial charge is 0.125 e. The summed E-state index contributed by atoms with van der Waals surface area (Å²) in [6.45, 7) is 1.74. The molecule has 3 aromatic rings. The molecule has 0 amide bonds. The Labute approximate surface area is 133 Å². The van der Waals surface area contributed by atoms with Gasteiger partial charge in [0, 0.05) is 31.9 Å². The number of aromatic nitrogens is 5. The van der Waals surface area contributed by atoms with Gasteiger partial charge in [0.1, 0.15) is 11.9 Å². The van der Waals surface area contributed by atoms with E-state index >= 15 is 0 Å². The Balaban J connectivity index is 1.73. The molecular weight excluding hydrogens is 292 g/mol. The average molecular weight is 310 g/mol. The van der Waals surface area contributed by atoms with Crippen LogP contribution in [-0.2, 0) is 17.4 Å². The van der Waals surface area contributed by atoms with Crippen LogP contribution in [0.1, 0.15) is 18.5 Å². The van der Waals surface area contributed by atoms with Crippen molar-refractivity contribution in [3.63, 3.8) is 0 Å². The largest absolute Gasteiger partial charge is 0.363 e. The summed E-state index contributed by atoms with van der Waals surface area (Å²) in [4.78, 5) is 4.26. The molecule has 23 heavy (non-hydrogen) atoms. The SMILES string of the molecule is Cn1nccc1-c1cc(C23CCC(CNC2)O3)nn2cncc12. The second-order valence-electron chi connectivity index (χ2n) is 6.41. The molecule has 2 aliphatic rings. The fourth-order valence-corrected chi connectivity index (χ4v) is 3.80. The third-order valence-corrected chi connectivity index (χ3v) is 5.00. The molecular formula is C16H18N6O. The highest BCUT2D eigenvalue weighted by Crippen LogP contribution is 2.41. The molecule has 2 saturated heterocycles. The Bertz CT molecular complexity index is 880. The zero-order valence-corrected chi connectivity index (χ0v) is 12.9. The van der Waals surface area contributed by atoms with E-state index in [0.717, 1.165) is 48.4 Å². The van der Waals surface area contributed by atoms with Crippen molar-refractivity contribution >= 4 is 5.52 Å². The van der Waals surface area contributed by atoms with Crippen LogP contribution in [0.2, 0.25) is 0 Å². The molecule has 2 atom stereocenters. The maximum absolute atomic E-state index is 6.32. The summed E-state index contributed by atoms with van der Waals surface area (Å²) in [5.74, 6) is 0. The summed E-state index contributed by atoms with van der Waals surface area (Å²) in [5.41, 5.74) is 3.75. The number of nitrogens with zero attached hydrogens (tertiary/aromatic N) is 5. The van der Waals surface area contributed by atoms with E-state index in [1.54, 1.807) is 6.33 Å². The van der Waals surface area contributed by atoms with Gasteiger partial charge < -0.3 is 10.1 Å². The Morgan fingerprint density at radius 3 is 3.26 bits per heavy atom. The van der Waals surface area contributed by atoms with E-state index in [4.69, 9.17) is 9.84 Å². The summed E-state index contributed by atoms with van der Waals surface area (Å²) in [6, 6.07) is 4.16. The van der Waals surface area contributed by atoms with Crippen molar-refractivity contribution in [3.05, 3.63) is 36.5 Å². The molecule has 0 spiro atoms. The summed E-state index contributed by atoms with van der Waals surface area (Å²) >= 11 is 0. The van der Waals surface area contributed by atoms with Crippen LogP contribution in [0.15, 0.2) is 30.9 Å². The van der Waals surface area contributed by atoms with E-state index in [1.165, 1.54) is 0 Å². The minimum Gasteiger partial charge on any atom is -0.363 e. The van der Waals surface area contributed by atoms with E-state index in [-0.39, 0.29) is 5.60 Å². The van der Waals surface area contributed by atoms with Crippen molar-refractivity contribution in [2.45, 2.75) is 24.5 Å². The van der Waals surface area contributed by atoms with Crippen LogP contribution in [0.4, 0.5) is 0 Å². The van der Waals surface area contributed by atoms with Gasteiger partial charge >= 0.3 is 0 Å². The molecule has 5 rings (SSSR count). The molecule has 118 valence electrons. The molecule has 2 unspecified atom stereocenters. The molecule has 7 nitrogen and oxygen atoms in total. The fourth-order valence-electron chi connectivity index (χ4n) is 3.80. The minimum atomic E-state index is -0.325. The fraction of sp³-hybridized carbons (Fsp3) is 0.438. The third kappa shape index (κ3) is 1.87. The van der Waals surface area contributed by atoms with Crippen molar-refractivity contribution in [1.82, 2.24) is 29.7 Å². The number of ether oxygens (including phenoxy) is 1. The Morgan fingerprint density at radius 1 is 1.43 bits per heavy atom. The van der Waals surface area contributed by atoms with Gasteiger partial charge in [-0.25, -0.2) is 9.50 Å². The minimum absolute atomic E-state index is 0.296. The number of imidazole rings is 1. The van der Waals surface area contributed by atoms with Crippen molar-refractivity contribution in [2.24, 2.45) is 7.05 Å². The second kappa shape index (κ2) is 4.62. The molecule has 5 heterocycles. The molecule has 2 bridgehead atoms. The van der Waals surface area contributed by atoms with Gasteiger partial charge in [-0.2, -0.15) is 10.2 Å². The van der Waals surface area contributed by atoms with Crippen molar-refractivity contribution in [1.29, 1.82) is 0 Å². The van der Waals surface area contributed by atoms with Crippen LogP contribution in [-0.4, -0.2) is 43.6 Å². The molecule has 0 aliphatic carbocycles. The number of hydrogen-bond donors (Lipinski definition) is 1. The summed E-state index contributed by atoms with van der Waals surface area (Å²) in [7, 11) is 1.95. The van der Waals surface area contributed by atoms with Crippen LogP contribution < -0.4 is 5.32 Å². The normalized spacial score (nSPS) is 26.9. The number of nitrogens with one attached hydrogen (secondary N) is 1. The van der Waals surface area contributed by atoms with Crippen LogP contribution in [0.5, 0.6) is 0 Å². The summed E-state index contributed by atoms with van der Waals surface area (Å²) in [6.07, 6.45) is 7.78. The first-order valence-corrected chi connectivity index (χ1v) is 7.96. The van der Waals surface area contributed by atoms with Crippen molar-refractivity contribution in [2.75, 3.05) is 13.1 Å².